The maximum absolute atomic E-state index is 6.87. The Hall–Kier alpha value is 0.469. The Kier molecular flexibility index (Phi) is 32.1. The third kappa shape index (κ3) is 28.0. The molecule has 296 valence electrons. The summed E-state index contributed by atoms with van der Waals surface area (Å²) in [6.07, 6.45) is 28.3. The summed E-state index contributed by atoms with van der Waals surface area (Å²) in [7, 11) is 0. The molecule has 0 heterocycles. The van der Waals surface area contributed by atoms with Crippen LogP contribution in [-0.2, 0) is 9.22 Å². The number of thiocarbonyl (C=S) groups is 3. The second-order valence-corrected chi connectivity index (χ2v) is 25.3. The van der Waals surface area contributed by atoms with Crippen molar-refractivity contribution in [2.45, 2.75) is 221 Å². The van der Waals surface area contributed by atoms with Crippen LogP contribution in [-0.4, -0.2) is 34.8 Å². The van der Waals surface area contributed by atoms with Gasteiger partial charge < -0.3 is 0 Å². The average molecular weight is 864 g/mol. The zero-order valence-electron chi connectivity index (χ0n) is 34.9. The summed E-state index contributed by atoms with van der Waals surface area (Å²) >= 11 is 13.7. The van der Waals surface area contributed by atoms with E-state index < -0.39 is 19.6 Å². The first-order chi connectivity index (χ1) is 23.7. The van der Waals surface area contributed by atoms with Crippen molar-refractivity contribution >= 4 is 71.4 Å². The molecule has 0 saturated heterocycles. The molecule has 0 aliphatic rings. The summed E-state index contributed by atoms with van der Waals surface area (Å²) in [5, 5.41) is 1.93. The van der Waals surface area contributed by atoms with E-state index in [1.165, 1.54) is 116 Å². The van der Waals surface area contributed by atoms with E-state index in [1.807, 2.05) is 0 Å². The molecule has 50 heavy (non-hydrogen) atoms. The molecule has 0 aliphatic carbocycles. The van der Waals surface area contributed by atoms with Gasteiger partial charge in [-0.1, -0.05) is 0 Å². The maximum atomic E-state index is 6.87. The van der Waals surface area contributed by atoms with E-state index in [9.17, 15) is 0 Å². The van der Waals surface area contributed by atoms with Crippen molar-refractivity contribution in [2.24, 2.45) is 35.5 Å². The number of hydrogen-bond donors (Lipinski definition) is 0. The molecule has 0 aromatic heterocycles. The van der Waals surface area contributed by atoms with Crippen molar-refractivity contribution in [1.82, 2.24) is 0 Å². The van der Waals surface area contributed by atoms with Gasteiger partial charge in [-0.3, -0.25) is 0 Å². The summed E-state index contributed by atoms with van der Waals surface area (Å²) in [4.78, 5) is 0. The number of unbranched alkanes of at least 4 members (excludes halogenated alkanes) is 13. The third-order valence-electron chi connectivity index (χ3n) is 10.1. The molecule has 0 aromatic carbocycles. The van der Waals surface area contributed by atoms with Crippen LogP contribution in [0.5, 0.6) is 0 Å². The zero-order chi connectivity index (χ0) is 37.8. The zero-order valence-corrected chi connectivity index (χ0v) is 40.2. The van der Waals surface area contributed by atoms with Crippen LogP contribution in [0.1, 0.15) is 217 Å². The monoisotopic (exact) mass is 864 g/mol. The molecule has 0 bridgehead atoms. The van der Waals surface area contributed by atoms with Crippen LogP contribution in [0.15, 0.2) is 0 Å². The first-order valence-corrected chi connectivity index (χ1v) is 28.1. The minimum absolute atomic E-state index is 0.175. The van der Waals surface area contributed by atoms with Gasteiger partial charge in [0.1, 0.15) is 0 Å². The van der Waals surface area contributed by atoms with Crippen molar-refractivity contribution < 1.29 is 9.22 Å². The van der Waals surface area contributed by atoms with E-state index in [1.54, 1.807) is 0 Å². The van der Waals surface area contributed by atoms with E-state index in [4.69, 9.17) is 45.9 Å². The van der Waals surface area contributed by atoms with Crippen molar-refractivity contribution in [1.29, 1.82) is 0 Å². The fraction of sp³-hybridized carbons (Fsp3) is 0.930. The summed E-state index contributed by atoms with van der Waals surface area (Å²) in [6.45, 7) is 22.7. The Morgan fingerprint density at radius 1 is 0.380 bits per heavy atom. The predicted octanol–water partition coefficient (Wildman–Crippen LogP) is 15.8. The molecule has 0 fully saturated rings. The Morgan fingerprint density at radius 3 is 0.860 bits per heavy atom. The molecule has 7 heteroatoms. The van der Waals surface area contributed by atoms with Gasteiger partial charge in [-0.25, -0.2) is 0 Å². The third-order valence-corrected chi connectivity index (χ3v) is 20.1. The molecule has 0 radical (unpaired) electrons. The van der Waals surface area contributed by atoms with Gasteiger partial charge in [0, 0.05) is 0 Å². The van der Waals surface area contributed by atoms with Gasteiger partial charge in [-0.15, -0.1) is 0 Å². The second kappa shape index (κ2) is 31.8. The quantitative estimate of drug-likeness (QED) is 0.0371. The molecule has 0 aromatic rings. The van der Waals surface area contributed by atoms with E-state index in [2.05, 4.69) is 69.2 Å². The summed E-state index contributed by atoms with van der Waals surface area (Å²) in [5.41, 5.74) is 0. The van der Waals surface area contributed by atoms with Gasteiger partial charge in [0.2, 0.25) is 0 Å². The van der Waals surface area contributed by atoms with Crippen molar-refractivity contribution in [2.75, 3.05) is 0 Å². The van der Waals surface area contributed by atoms with Gasteiger partial charge in [-0.2, -0.15) is 0 Å². The minimum atomic E-state index is -4.34. The molecule has 3 nitrogen and oxygen atoms in total. The average Bonchev–Trinajstić information content (AvgIpc) is 3.05. The Morgan fingerprint density at radius 2 is 0.620 bits per heavy atom. The van der Waals surface area contributed by atoms with E-state index >= 15 is 0 Å². The van der Waals surface area contributed by atoms with E-state index in [0.717, 1.165) is 54.3 Å². The molecule has 3 atom stereocenters. The second-order valence-electron chi connectivity index (χ2n) is 17.0. The fourth-order valence-corrected chi connectivity index (χ4v) is 17.1. The molecule has 0 N–H and O–H groups in total. The number of hydrogen-bond acceptors (Lipinski definition) is 6. The van der Waals surface area contributed by atoms with Crippen LogP contribution < -0.4 is 0 Å². The molecule has 0 rings (SSSR count). The number of rotatable bonds is 33. The Balaban J connectivity index is 5.47. The van der Waals surface area contributed by atoms with E-state index in [-0.39, 0.29) is 17.8 Å². The first kappa shape index (κ1) is 50.5. The Bertz CT molecular complexity index is 760. The van der Waals surface area contributed by atoms with Gasteiger partial charge in [0.25, 0.3) is 0 Å². The topological polar surface area (TPSA) is 27.7 Å². The van der Waals surface area contributed by atoms with Crippen molar-refractivity contribution in [3.8, 4) is 0 Å². The van der Waals surface area contributed by atoms with Gasteiger partial charge >= 0.3 is 338 Å². The summed E-state index contributed by atoms with van der Waals surface area (Å²) in [6, 6.07) is 0. The van der Waals surface area contributed by atoms with Gasteiger partial charge in [-0.05, 0) is 0 Å². The molecule has 0 amide bonds. The molecular weight excluding hydrogens is 779 g/mol. The van der Waals surface area contributed by atoms with Gasteiger partial charge in [0.15, 0.2) is 0 Å². The molecule has 0 spiro atoms. The van der Waals surface area contributed by atoms with Crippen LogP contribution in [0.25, 0.3) is 0 Å². The van der Waals surface area contributed by atoms with Crippen molar-refractivity contribution in [3.63, 3.8) is 0 Å². The van der Waals surface area contributed by atoms with Gasteiger partial charge in [0.05, 0.1) is 0 Å². The summed E-state index contributed by atoms with van der Waals surface area (Å²) in [5.74, 6) is 2.92. The van der Waals surface area contributed by atoms with Crippen LogP contribution in [0, 0.1) is 35.5 Å². The first-order valence-electron chi connectivity index (χ1n) is 21.4. The van der Waals surface area contributed by atoms with Crippen LogP contribution in [0.2, 0.25) is 4.44 Å². The molecule has 0 saturated carbocycles. The molecule has 3 unspecified atom stereocenters. The standard InChI is InChI=1S/3C13H26OS.C4H9.Sn/c3*1-11(2)9-7-5-4-6-8-10-12(3)13(14)15;1-3-4-2;/h3*11-12H,4-10H2,1-3H3,(H,14,15);1,3-4H2,2H3;/q;;;;+3/p-3. The fourth-order valence-electron chi connectivity index (χ4n) is 6.32. The van der Waals surface area contributed by atoms with Crippen molar-refractivity contribution in [3.05, 3.63) is 0 Å². The molecule has 0 aliphatic heterocycles. The van der Waals surface area contributed by atoms with Crippen LogP contribution >= 0.6 is 36.7 Å². The summed E-state index contributed by atoms with van der Waals surface area (Å²) < 4.78 is 21.3. The predicted molar refractivity (Wildman–Crippen MR) is 235 cm³/mol. The Labute approximate surface area is 335 Å². The SMILES string of the molecule is CCC[CH2][Sn]([O]C(=S)C(C)CCCCCCCC(C)C)([O]C(=S)C(C)CCCCCCCC(C)C)[O]C(=S)C(C)CCCCCCCC(C)C. The molecular formula is C43H84O3S3Sn. The van der Waals surface area contributed by atoms with Crippen LogP contribution in [0.4, 0.5) is 0 Å². The normalized spacial score (nSPS) is 14.8. The van der Waals surface area contributed by atoms with E-state index in [0.29, 0.717) is 15.2 Å². The van der Waals surface area contributed by atoms with Crippen LogP contribution in [0.3, 0.4) is 0 Å².